The zero-order valence-corrected chi connectivity index (χ0v) is 20.6. The van der Waals surface area contributed by atoms with Crippen LogP contribution in [0, 0.1) is 0 Å². The number of hydrogen-bond acceptors (Lipinski definition) is 6. The van der Waals surface area contributed by atoms with E-state index in [9.17, 15) is 9.59 Å². The van der Waals surface area contributed by atoms with Crippen LogP contribution in [-0.4, -0.2) is 29.9 Å². The molecule has 0 amide bonds. The molecule has 0 saturated heterocycles. The molecule has 0 fully saturated rings. The number of nitrogens with one attached hydrogen (secondary N) is 1. The van der Waals surface area contributed by atoms with Gasteiger partial charge < -0.3 is 14.8 Å². The first-order valence-electron chi connectivity index (χ1n) is 11.8. The molecule has 2 aromatic rings. The minimum absolute atomic E-state index is 0.0796. The Morgan fingerprint density at radius 3 is 2.65 bits per heavy atom. The Labute approximate surface area is 205 Å². The number of para-hydroxylation sites is 1. The molecule has 1 aliphatic carbocycles. The van der Waals surface area contributed by atoms with E-state index in [4.69, 9.17) is 9.47 Å². The number of Topliss-reactive ketones (excluding diaryl/α,β-unsaturated/α-hetero) is 1. The van der Waals surface area contributed by atoms with Gasteiger partial charge in [-0.3, -0.25) is 4.79 Å². The van der Waals surface area contributed by atoms with Crippen LogP contribution in [0.1, 0.15) is 50.2 Å². The van der Waals surface area contributed by atoms with Gasteiger partial charge in [0.25, 0.3) is 0 Å². The first-order valence-corrected chi connectivity index (χ1v) is 13.0. The molecule has 4 rings (SSSR count). The van der Waals surface area contributed by atoms with E-state index in [0.29, 0.717) is 36.5 Å². The van der Waals surface area contributed by atoms with Crippen LogP contribution < -0.4 is 10.1 Å². The Balaban J connectivity index is 1.70. The molecule has 0 bridgehead atoms. The summed E-state index contributed by atoms with van der Waals surface area (Å²) in [4.78, 5) is 26.5. The van der Waals surface area contributed by atoms with E-state index in [1.54, 1.807) is 11.8 Å². The second-order valence-corrected chi connectivity index (χ2v) is 9.80. The minimum atomic E-state index is -0.512. The number of rotatable bonds is 9. The lowest BCUT2D eigenvalue weighted by atomic mass is 9.75. The highest BCUT2D eigenvalue weighted by molar-refractivity contribution is 7.99. The number of benzene rings is 2. The summed E-state index contributed by atoms with van der Waals surface area (Å²) < 4.78 is 11.9. The van der Waals surface area contributed by atoms with Crippen LogP contribution in [-0.2, 0) is 20.9 Å². The number of hydrogen-bond donors (Lipinski definition) is 1. The van der Waals surface area contributed by atoms with Crippen molar-refractivity contribution in [3.8, 4) is 5.75 Å². The maximum atomic E-state index is 13.3. The van der Waals surface area contributed by atoms with Crippen LogP contribution in [0.3, 0.4) is 0 Å². The van der Waals surface area contributed by atoms with E-state index in [1.165, 1.54) is 0 Å². The van der Waals surface area contributed by atoms with Crippen LogP contribution >= 0.6 is 11.8 Å². The highest BCUT2D eigenvalue weighted by atomic mass is 32.2. The number of dihydropyridines is 1. The largest absolute Gasteiger partial charge is 0.489 e. The number of ether oxygens (including phenoxy) is 2. The number of thioether (sulfide) groups is 1. The molecule has 1 heterocycles. The number of ketones is 1. The summed E-state index contributed by atoms with van der Waals surface area (Å²) in [5.74, 6) is 1.58. The van der Waals surface area contributed by atoms with Crippen molar-refractivity contribution in [2.45, 2.75) is 45.6 Å². The molecule has 178 valence electrons. The molecule has 2 aliphatic rings. The van der Waals surface area contributed by atoms with E-state index < -0.39 is 5.92 Å². The van der Waals surface area contributed by atoms with Crippen molar-refractivity contribution in [1.82, 2.24) is 5.32 Å². The quantitative estimate of drug-likeness (QED) is 0.378. The Kier molecular flexibility index (Phi) is 8.12. The molecule has 2 aromatic carbocycles. The highest BCUT2D eigenvalue weighted by Crippen LogP contribution is 2.45. The number of carbonyl (C=O) groups is 2. The molecule has 1 atom stereocenters. The van der Waals surface area contributed by atoms with Gasteiger partial charge in [-0.1, -0.05) is 55.5 Å². The van der Waals surface area contributed by atoms with Gasteiger partial charge in [0, 0.05) is 34.7 Å². The Bertz CT molecular complexity index is 1110. The summed E-state index contributed by atoms with van der Waals surface area (Å²) in [6, 6.07) is 17.7. The van der Waals surface area contributed by atoms with Crippen LogP contribution in [0.4, 0.5) is 0 Å². The summed E-state index contributed by atoms with van der Waals surface area (Å²) in [5, 5.41) is 3.35. The van der Waals surface area contributed by atoms with Gasteiger partial charge in [-0.2, -0.15) is 11.8 Å². The fourth-order valence-corrected chi connectivity index (χ4v) is 5.06. The van der Waals surface area contributed by atoms with Crippen LogP contribution in [0.5, 0.6) is 5.75 Å². The Hall–Kier alpha value is -2.99. The number of allylic oxidation sites excluding steroid dienone is 3. The standard InChI is InChI=1S/C28H31NO4S/c1-3-34-17-16-32-28(31)25-19(2)29-22-13-9-14-23(30)27(22)26(25)21-12-7-8-15-24(21)33-18-20-10-5-4-6-11-20/h4-8,10-12,15,26,29H,3,9,13-14,16-18H2,1-2H3. The molecule has 1 N–H and O–H groups in total. The van der Waals surface area contributed by atoms with E-state index >= 15 is 0 Å². The molecular formula is C28H31NO4S. The van der Waals surface area contributed by atoms with Gasteiger partial charge in [0.05, 0.1) is 11.5 Å². The minimum Gasteiger partial charge on any atom is -0.489 e. The zero-order valence-electron chi connectivity index (χ0n) is 19.8. The average molecular weight is 478 g/mol. The van der Waals surface area contributed by atoms with E-state index in [0.717, 1.165) is 46.9 Å². The Morgan fingerprint density at radius 2 is 1.85 bits per heavy atom. The third kappa shape index (κ3) is 5.39. The van der Waals surface area contributed by atoms with Crippen molar-refractivity contribution >= 4 is 23.5 Å². The van der Waals surface area contributed by atoms with Crippen molar-refractivity contribution in [2.75, 3.05) is 18.1 Å². The lowest BCUT2D eigenvalue weighted by Gasteiger charge is -2.34. The van der Waals surface area contributed by atoms with Crippen molar-refractivity contribution < 1.29 is 19.1 Å². The average Bonchev–Trinajstić information content (AvgIpc) is 2.85. The van der Waals surface area contributed by atoms with Gasteiger partial charge in [0.1, 0.15) is 19.0 Å². The highest BCUT2D eigenvalue weighted by Gasteiger charge is 2.40. The van der Waals surface area contributed by atoms with Crippen molar-refractivity contribution in [2.24, 2.45) is 0 Å². The second kappa shape index (κ2) is 11.4. The molecule has 0 saturated carbocycles. The summed E-state index contributed by atoms with van der Waals surface area (Å²) in [6.45, 7) is 4.71. The molecule has 0 aromatic heterocycles. The predicted molar refractivity (Wildman–Crippen MR) is 136 cm³/mol. The monoisotopic (exact) mass is 477 g/mol. The Morgan fingerprint density at radius 1 is 1.09 bits per heavy atom. The first kappa shape index (κ1) is 24.1. The zero-order chi connectivity index (χ0) is 23.9. The van der Waals surface area contributed by atoms with Gasteiger partial charge >= 0.3 is 5.97 Å². The molecule has 1 aliphatic heterocycles. The normalized spacial score (nSPS) is 17.8. The fourth-order valence-electron chi connectivity index (χ4n) is 4.57. The van der Waals surface area contributed by atoms with Crippen LogP contribution in [0.2, 0.25) is 0 Å². The van der Waals surface area contributed by atoms with Crippen molar-refractivity contribution in [3.63, 3.8) is 0 Å². The third-order valence-electron chi connectivity index (χ3n) is 6.13. The summed E-state index contributed by atoms with van der Waals surface area (Å²) in [7, 11) is 0. The topological polar surface area (TPSA) is 64.6 Å². The van der Waals surface area contributed by atoms with Crippen LogP contribution in [0.15, 0.2) is 77.1 Å². The SMILES string of the molecule is CCSCCOC(=O)C1=C(C)NC2=C(C(=O)CCC2)C1c1ccccc1OCc1ccccc1. The molecule has 0 spiro atoms. The van der Waals surface area contributed by atoms with Crippen LogP contribution in [0.25, 0.3) is 0 Å². The van der Waals surface area contributed by atoms with Crippen molar-refractivity contribution in [1.29, 1.82) is 0 Å². The van der Waals surface area contributed by atoms with E-state index in [2.05, 4.69) is 12.2 Å². The fraction of sp³-hybridized carbons (Fsp3) is 0.357. The summed E-state index contributed by atoms with van der Waals surface area (Å²) in [5.41, 5.74) is 4.68. The van der Waals surface area contributed by atoms with Gasteiger partial charge in [0.15, 0.2) is 5.78 Å². The van der Waals surface area contributed by atoms with E-state index in [-0.39, 0.29) is 11.8 Å². The molecule has 0 radical (unpaired) electrons. The number of carbonyl (C=O) groups excluding carboxylic acids is 2. The molecule has 5 nitrogen and oxygen atoms in total. The second-order valence-electron chi connectivity index (χ2n) is 8.41. The lowest BCUT2D eigenvalue weighted by Crippen LogP contribution is -2.34. The maximum Gasteiger partial charge on any atom is 0.336 e. The third-order valence-corrected chi connectivity index (χ3v) is 6.99. The summed E-state index contributed by atoms with van der Waals surface area (Å²) >= 11 is 1.73. The van der Waals surface area contributed by atoms with E-state index in [1.807, 2.05) is 61.5 Å². The van der Waals surface area contributed by atoms with Crippen molar-refractivity contribution in [3.05, 3.63) is 88.3 Å². The molecule has 34 heavy (non-hydrogen) atoms. The molecule has 1 unspecified atom stereocenters. The molecule has 6 heteroatoms. The number of esters is 1. The van der Waals surface area contributed by atoms with Gasteiger partial charge in [0.2, 0.25) is 0 Å². The first-order chi connectivity index (χ1) is 16.6. The maximum absolute atomic E-state index is 13.3. The molecular weight excluding hydrogens is 446 g/mol. The van der Waals surface area contributed by atoms with Gasteiger partial charge in [-0.25, -0.2) is 4.79 Å². The predicted octanol–water partition coefficient (Wildman–Crippen LogP) is 5.53. The lowest BCUT2D eigenvalue weighted by molar-refractivity contribution is -0.138. The van der Waals surface area contributed by atoms with Gasteiger partial charge in [-0.05, 0) is 37.1 Å². The summed E-state index contributed by atoms with van der Waals surface area (Å²) in [6.07, 6.45) is 2.08. The van der Waals surface area contributed by atoms with Gasteiger partial charge in [-0.15, -0.1) is 0 Å². The smallest absolute Gasteiger partial charge is 0.336 e.